The SMILES string of the molecule is CCN(CC)c1ccc(NC(=O)c2ccc(NCCCN(C)C)nn2)c(C)c1. The largest absolute Gasteiger partial charge is 0.372 e. The summed E-state index contributed by atoms with van der Waals surface area (Å²) in [6, 6.07) is 9.54. The van der Waals surface area contributed by atoms with Crippen molar-refractivity contribution in [3.05, 3.63) is 41.6 Å². The molecule has 0 radical (unpaired) electrons. The molecule has 0 atom stereocenters. The number of hydrogen-bond donors (Lipinski definition) is 2. The molecule has 152 valence electrons. The van der Waals surface area contributed by atoms with Crippen LogP contribution in [0.2, 0.25) is 0 Å². The maximum Gasteiger partial charge on any atom is 0.276 e. The van der Waals surface area contributed by atoms with Gasteiger partial charge in [-0.05, 0) is 83.7 Å². The number of aromatic nitrogens is 2. The molecule has 1 aromatic carbocycles. The van der Waals surface area contributed by atoms with Crippen LogP contribution in [0.5, 0.6) is 0 Å². The molecule has 2 rings (SSSR count). The minimum atomic E-state index is -0.259. The first-order valence-electron chi connectivity index (χ1n) is 9.83. The molecule has 0 unspecified atom stereocenters. The van der Waals surface area contributed by atoms with Crippen molar-refractivity contribution in [2.75, 3.05) is 55.8 Å². The Labute approximate surface area is 168 Å². The van der Waals surface area contributed by atoms with E-state index < -0.39 is 0 Å². The van der Waals surface area contributed by atoms with Gasteiger partial charge in [-0.25, -0.2) is 0 Å². The second-order valence-corrected chi connectivity index (χ2v) is 7.01. The summed E-state index contributed by atoms with van der Waals surface area (Å²) in [6.45, 7) is 9.99. The van der Waals surface area contributed by atoms with Crippen LogP contribution >= 0.6 is 0 Å². The summed E-state index contributed by atoms with van der Waals surface area (Å²) in [7, 11) is 4.10. The predicted octanol–water partition coefficient (Wildman–Crippen LogP) is 3.25. The lowest BCUT2D eigenvalue weighted by atomic mass is 10.1. The highest BCUT2D eigenvalue weighted by atomic mass is 16.1. The van der Waals surface area contributed by atoms with E-state index in [0.29, 0.717) is 11.5 Å². The van der Waals surface area contributed by atoms with Crippen molar-refractivity contribution in [1.82, 2.24) is 15.1 Å². The number of nitrogens with zero attached hydrogens (tertiary/aromatic N) is 4. The van der Waals surface area contributed by atoms with Crippen molar-refractivity contribution >= 4 is 23.1 Å². The van der Waals surface area contributed by atoms with Crippen LogP contribution in [0.1, 0.15) is 36.3 Å². The highest BCUT2D eigenvalue weighted by Crippen LogP contribution is 2.23. The molecular weight excluding hydrogens is 352 g/mol. The fourth-order valence-electron chi connectivity index (χ4n) is 2.92. The van der Waals surface area contributed by atoms with Crippen LogP contribution in [0.4, 0.5) is 17.2 Å². The summed E-state index contributed by atoms with van der Waals surface area (Å²) in [5.74, 6) is 0.417. The first kappa shape index (κ1) is 21.6. The molecule has 0 fully saturated rings. The van der Waals surface area contributed by atoms with Gasteiger partial charge in [0.15, 0.2) is 5.69 Å². The molecule has 0 aliphatic carbocycles. The maximum atomic E-state index is 12.5. The normalized spacial score (nSPS) is 10.8. The number of anilines is 3. The Morgan fingerprint density at radius 2 is 1.82 bits per heavy atom. The molecule has 0 spiro atoms. The van der Waals surface area contributed by atoms with Crippen molar-refractivity contribution in [2.24, 2.45) is 0 Å². The average molecular weight is 385 g/mol. The molecule has 0 aliphatic rings. The Morgan fingerprint density at radius 3 is 2.39 bits per heavy atom. The zero-order valence-electron chi connectivity index (χ0n) is 17.6. The quantitative estimate of drug-likeness (QED) is 0.613. The van der Waals surface area contributed by atoms with Gasteiger partial charge >= 0.3 is 0 Å². The second-order valence-electron chi connectivity index (χ2n) is 7.01. The van der Waals surface area contributed by atoms with Crippen LogP contribution in [-0.4, -0.2) is 61.3 Å². The minimum absolute atomic E-state index is 0.259. The van der Waals surface area contributed by atoms with Crippen LogP contribution in [0, 0.1) is 6.92 Å². The molecule has 7 nitrogen and oxygen atoms in total. The molecule has 1 heterocycles. The van der Waals surface area contributed by atoms with Gasteiger partial charge in [-0.3, -0.25) is 4.79 Å². The average Bonchev–Trinajstić information content (AvgIpc) is 2.68. The summed E-state index contributed by atoms with van der Waals surface area (Å²) in [6.07, 6.45) is 1.01. The summed E-state index contributed by atoms with van der Waals surface area (Å²) < 4.78 is 0. The van der Waals surface area contributed by atoms with E-state index in [2.05, 4.69) is 50.5 Å². The van der Waals surface area contributed by atoms with Gasteiger partial charge in [-0.2, -0.15) is 0 Å². The van der Waals surface area contributed by atoms with Gasteiger partial charge in [0, 0.05) is 31.0 Å². The number of aryl methyl sites for hydroxylation is 1. The molecule has 1 amide bonds. The monoisotopic (exact) mass is 384 g/mol. The van der Waals surface area contributed by atoms with Crippen molar-refractivity contribution in [3.8, 4) is 0 Å². The fraction of sp³-hybridized carbons (Fsp3) is 0.476. The molecular formula is C21H32N6O. The molecule has 0 saturated carbocycles. The molecule has 0 aliphatic heterocycles. The fourth-order valence-corrected chi connectivity index (χ4v) is 2.92. The van der Waals surface area contributed by atoms with E-state index in [-0.39, 0.29) is 5.91 Å². The minimum Gasteiger partial charge on any atom is -0.372 e. The molecule has 1 aromatic heterocycles. The number of carbonyl (C=O) groups is 1. The second kappa shape index (κ2) is 10.6. The van der Waals surface area contributed by atoms with E-state index in [4.69, 9.17) is 0 Å². The standard InChI is InChI=1S/C21H32N6O/c1-6-27(7-2)17-9-10-18(16(3)15-17)23-21(28)19-11-12-20(25-24-19)22-13-8-14-26(4)5/h9-12,15H,6-8,13-14H2,1-5H3,(H,22,25)(H,23,28). The van der Waals surface area contributed by atoms with Crippen molar-refractivity contribution in [2.45, 2.75) is 27.2 Å². The Morgan fingerprint density at radius 1 is 1.07 bits per heavy atom. The lowest BCUT2D eigenvalue weighted by molar-refractivity contribution is 0.102. The van der Waals surface area contributed by atoms with E-state index in [9.17, 15) is 4.79 Å². The Kier molecular flexibility index (Phi) is 8.19. The van der Waals surface area contributed by atoms with Crippen LogP contribution in [-0.2, 0) is 0 Å². The molecule has 7 heteroatoms. The highest BCUT2D eigenvalue weighted by molar-refractivity contribution is 6.03. The third-order valence-electron chi connectivity index (χ3n) is 4.57. The number of amides is 1. The van der Waals surface area contributed by atoms with E-state index in [0.717, 1.165) is 49.5 Å². The predicted molar refractivity (Wildman–Crippen MR) is 116 cm³/mol. The zero-order valence-corrected chi connectivity index (χ0v) is 17.6. The summed E-state index contributed by atoms with van der Waals surface area (Å²) in [4.78, 5) is 16.9. The van der Waals surface area contributed by atoms with Crippen LogP contribution in [0.15, 0.2) is 30.3 Å². The molecule has 2 N–H and O–H groups in total. The van der Waals surface area contributed by atoms with Crippen LogP contribution < -0.4 is 15.5 Å². The summed E-state index contributed by atoms with van der Waals surface area (Å²) in [5.41, 5.74) is 3.26. The third-order valence-corrected chi connectivity index (χ3v) is 4.57. The molecule has 2 aromatic rings. The van der Waals surface area contributed by atoms with E-state index in [1.165, 1.54) is 0 Å². The van der Waals surface area contributed by atoms with Crippen molar-refractivity contribution < 1.29 is 4.79 Å². The van der Waals surface area contributed by atoms with E-state index >= 15 is 0 Å². The Hall–Kier alpha value is -2.67. The van der Waals surface area contributed by atoms with Crippen molar-refractivity contribution in [1.29, 1.82) is 0 Å². The Balaban J connectivity index is 1.95. The van der Waals surface area contributed by atoms with Gasteiger partial charge in [-0.15, -0.1) is 10.2 Å². The lowest BCUT2D eigenvalue weighted by Gasteiger charge is -2.22. The number of carbonyl (C=O) groups excluding carboxylic acids is 1. The van der Waals surface area contributed by atoms with Crippen molar-refractivity contribution in [3.63, 3.8) is 0 Å². The Bertz CT molecular complexity index is 756. The van der Waals surface area contributed by atoms with Crippen LogP contribution in [0.25, 0.3) is 0 Å². The number of hydrogen-bond acceptors (Lipinski definition) is 6. The van der Waals surface area contributed by atoms with E-state index in [1.54, 1.807) is 12.1 Å². The zero-order chi connectivity index (χ0) is 20.5. The smallest absolute Gasteiger partial charge is 0.276 e. The van der Waals surface area contributed by atoms with Gasteiger partial charge in [0.05, 0.1) is 0 Å². The van der Waals surface area contributed by atoms with Gasteiger partial charge in [0.25, 0.3) is 5.91 Å². The van der Waals surface area contributed by atoms with Gasteiger partial charge < -0.3 is 20.4 Å². The number of nitrogens with one attached hydrogen (secondary N) is 2. The highest BCUT2D eigenvalue weighted by Gasteiger charge is 2.11. The summed E-state index contributed by atoms with van der Waals surface area (Å²) >= 11 is 0. The van der Waals surface area contributed by atoms with E-state index in [1.807, 2.05) is 33.2 Å². The van der Waals surface area contributed by atoms with Crippen LogP contribution in [0.3, 0.4) is 0 Å². The topological polar surface area (TPSA) is 73.4 Å². The molecule has 28 heavy (non-hydrogen) atoms. The third kappa shape index (κ3) is 6.20. The molecule has 0 bridgehead atoms. The first-order valence-corrected chi connectivity index (χ1v) is 9.83. The molecule has 0 saturated heterocycles. The summed E-state index contributed by atoms with van der Waals surface area (Å²) in [5, 5.41) is 14.3. The number of benzene rings is 1. The number of rotatable bonds is 10. The van der Waals surface area contributed by atoms with Gasteiger partial charge in [0.1, 0.15) is 5.82 Å². The maximum absolute atomic E-state index is 12.5. The lowest BCUT2D eigenvalue weighted by Crippen LogP contribution is -2.22. The van der Waals surface area contributed by atoms with Gasteiger partial charge in [-0.1, -0.05) is 0 Å². The van der Waals surface area contributed by atoms with Gasteiger partial charge in [0.2, 0.25) is 0 Å². The first-order chi connectivity index (χ1) is 13.4.